The van der Waals surface area contributed by atoms with E-state index >= 15 is 0 Å². The Morgan fingerprint density at radius 1 is 1.58 bits per heavy atom. The van der Waals surface area contributed by atoms with Crippen LogP contribution >= 0.6 is 11.6 Å². The molecule has 0 aliphatic carbocycles. The van der Waals surface area contributed by atoms with Crippen molar-refractivity contribution in [1.29, 1.82) is 0 Å². The fourth-order valence-corrected chi connectivity index (χ4v) is 1.14. The van der Waals surface area contributed by atoms with Crippen molar-refractivity contribution in [3.63, 3.8) is 0 Å². The van der Waals surface area contributed by atoms with E-state index < -0.39 is 6.10 Å². The molecule has 1 aromatic carbocycles. The van der Waals surface area contributed by atoms with Crippen LogP contribution in [0.3, 0.4) is 0 Å². The number of alkyl halides is 1. The molecule has 0 spiro atoms. The van der Waals surface area contributed by atoms with Gasteiger partial charge in [-0.1, -0.05) is 12.1 Å². The first-order valence-electron chi connectivity index (χ1n) is 3.65. The molecule has 0 saturated heterocycles. The molecule has 0 aliphatic rings. The molecule has 0 saturated carbocycles. The van der Waals surface area contributed by atoms with E-state index in [9.17, 15) is 9.50 Å². The predicted octanol–water partition coefficient (Wildman–Crippen LogP) is 2.41. The van der Waals surface area contributed by atoms with Crippen LogP contribution < -0.4 is 0 Å². The molecule has 1 N–H and O–H groups in total. The highest BCUT2D eigenvalue weighted by Gasteiger charge is 2.06. The lowest BCUT2D eigenvalue weighted by atomic mass is 10.1. The minimum absolute atomic E-state index is 0.130. The zero-order chi connectivity index (χ0) is 9.14. The number of hydrogen-bond donors (Lipinski definition) is 1. The SMILES string of the molecule is Cc1cc([C@H](O)CCl)ccc1F. The summed E-state index contributed by atoms with van der Waals surface area (Å²) in [5.41, 5.74) is 1.18. The summed E-state index contributed by atoms with van der Waals surface area (Å²) in [4.78, 5) is 0. The van der Waals surface area contributed by atoms with Crippen LogP contribution in [0.5, 0.6) is 0 Å². The Bertz CT molecular complexity index is 275. The molecule has 1 aromatic rings. The van der Waals surface area contributed by atoms with Gasteiger partial charge in [0.05, 0.1) is 12.0 Å². The average Bonchev–Trinajstić information content (AvgIpc) is 2.08. The summed E-state index contributed by atoms with van der Waals surface area (Å²) >= 11 is 5.43. The highest BCUT2D eigenvalue weighted by atomic mass is 35.5. The maximum Gasteiger partial charge on any atom is 0.126 e. The predicted molar refractivity (Wildman–Crippen MR) is 46.8 cm³/mol. The number of aryl methyl sites for hydroxylation is 1. The van der Waals surface area contributed by atoms with Crippen molar-refractivity contribution >= 4 is 11.6 Å². The Morgan fingerprint density at radius 3 is 2.75 bits per heavy atom. The van der Waals surface area contributed by atoms with Gasteiger partial charge in [0.25, 0.3) is 0 Å². The van der Waals surface area contributed by atoms with Gasteiger partial charge in [0.2, 0.25) is 0 Å². The third kappa shape index (κ3) is 1.96. The van der Waals surface area contributed by atoms with Crippen LogP contribution in [-0.2, 0) is 0 Å². The molecule has 1 nitrogen and oxygen atoms in total. The van der Waals surface area contributed by atoms with Crippen LogP contribution in [-0.4, -0.2) is 11.0 Å². The minimum Gasteiger partial charge on any atom is -0.387 e. The summed E-state index contributed by atoms with van der Waals surface area (Å²) in [5, 5.41) is 9.29. The van der Waals surface area contributed by atoms with Crippen molar-refractivity contribution in [3.8, 4) is 0 Å². The van der Waals surface area contributed by atoms with Crippen molar-refractivity contribution in [1.82, 2.24) is 0 Å². The first-order chi connectivity index (χ1) is 5.65. The second-order valence-electron chi connectivity index (χ2n) is 2.68. The van der Waals surface area contributed by atoms with Gasteiger partial charge in [0.15, 0.2) is 0 Å². The third-order valence-electron chi connectivity index (χ3n) is 1.71. The van der Waals surface area contributed by atoms with Crippen molar-refractivity contribution in [2.24, 2.45) is 0 Å². The Morgan fingerprint density at radius 2 is 2.25 bits per heavy atom. The van der Waals surface area contributed by atoms with Crippen LogP contribution in [0.1, 0.15) is 17.2 Å². The number of halogens is 2. The van der Waals surface area contributed by atoms with Crippen LogP contribution in [0.15, 0.2) is 18.2 Å². The van der Waals surface area contributed by atoms with Crippen molar-refractivity contribution in [3.05, 3.63) is 35.1 Å². The molecule has 1 rings (SSSR count). The molecule has 0 heterocycles. The second-order valence-corrected chi connectivity index (χ2v) is 2.99. The van der Waals surface area contributed by atoms with Crippen LogP contribution in [0.2, 0.25) is 0 Å². The van der Waals surface area contributed by atoms with E-state index in [2.05, 4.69) is 0 Å². The maximum atomic E-state index is 12.8. The van der Waals surface area contributed by atoms with Gasteiger partial charge < -0.3 is 5.11 Å². The highest BCUT2D eigenvalue weighted by molar-refractivity contribution is 6.18. The molecule has 0 fully saturated rings. The molecule has 12 heavy (non-hydrogen) atoms. The summed E-state index contributed by atoms with van der Waals surface area (Å²) in [5.74, 6) is -0.133. The average molecular weight is 189 g/mol. The van der Waals surface area contributed by atoms with E-state index in [0.717, 1.165) is 0 Å². The number of rotatable bonds is 2. The molecule has 0 bridgehead atoms. The van der Waals surface area contributed by atoms with Gasteiger partial charge in [-0.3, -0.25) is 0 Å². The molecule has 0 unspecified atom stereocenters. The number of benzene rings is 1. The number of hydrogen-bond acceptors (Lipinski definition) is 1. The van der Waals surface area contributed by atoms with Gasteiger partial charge in [0.1, 0.15) is 5.82 Å². The lowest BCUT2D eigenvalue weighted by Crippen LogP contribution is -1.99. The molecule has 66 valence electrons. The van der Waals surface area contributed by atoms with Crippen LogP contribution in [0.4, 0.5) is 4.39 Å². The van der Waals surface area contributed by atoms with Gasteiger partial charge in [-0.15, -0.1) is 11.6 Å². The molecule has 0 amide bonds. The number of aliphatic hydroxyl groups is 1. The molecule has 0 aromatic heterocycles. The lowest BCUT2D eigenvalue weighted by Gasteiger charge is -2.07. The standard InChI is InChI=1S/C9H10ClFO/c1-6-4-7(9(12)5-10)2-3-8(6)11/h2-4,9,12H,5H2,1H3/t9-/m1/s1. The van der Waals surface area contributed by atoms with E-state index in [1.54, 1.807) is 13.0 Å². The summed E-state index contributed by atoms with van der Waals surface area (Å²) in [6.45, 7) is 1.65. The molecule has 0 aliphatic heterocycles. The Hall–Kier alpha value is -0.600. The van der Waals surface area contributed by atoms with Crippen molar-refractivity contribution in [2.45, 2.75) is 13.0 Å². The van der Waals surface area contributed by atoms with Crippen molar-refractivity contribution < 1.29 is 9.50 Å². The Balaban J connectivity index is 2.96. The minimum atomic E-state index is -0.703. The monoisotopic (exact) mass is 188 g/mol. The van der Waals surface area contributed by atoms with Crippen LogP contribution in [0.25, 0.3) is 0 Å². The zero-order valence-corrected chi connectivity index (χ0v) is 7.48. The summed E-state index contributed by atoms with van der Waals surface area (Å²) in [6, 6.07) is 4.47. The highest BCUT2D eigenvalue weighted by Crippen LogP contribution is 2.17. The summed E-state index contributed by atoms with van der Waals surface area (Å²) in [6.07, 6.45) is -0.703. The Labute approximate surface area is 75.8 Å². The van der Waals surface area contributed by atoms with E-state index in [1.807, 2.05) is 0 Å². The Kier molecular flexibility index (Phi) is 3.06. The van der Waals surface area contributed by atoms with E-state index in [-0.39, 0.29) is 11.7 Å². The molecule has 1 atom stereocenters. The van der Waals surface area contributed by atoms with E-state index in [4.69, 9.17) is 11.6 Å². The molecular weight excluding hydrogens is 179 g/mol. The quantitative estimate of drug-likeness (QED) is 0.707. The van der Waals surface area contributed by atoms with E-state index in [1.165, 1.54) is 12.1 Å². The first kappa shape index (κ1) is 9.49. The van der Waals surface area contributed by atoms with Gasteiger partial charge >= 0.3 is 0 Å². The molecular formula is C9H10ClFO. The van der Waals surface area contributed by atoms with Gasteiger partial charge in [-0.2, -0.15) is 0 Å². The number of aliphatic hydroxyl groups excluding tert-OH is 1. The van der Waals surface area contributed by atoms with Gasteiger partial charge in [-0.25, -0.2) is 4.39 Å². The largest absolute Gasteiger partial charge is 0.387 e. The van der Waals surface area contributed by atoms with Gasteiger partial charge in [-0.05, 0) is 24.1 Å². The fraction of sp³-hybridized carbons (Fsp3) is 0.333. The first-order valence-corrected chi connectivity index (χ1v) is 4.18. The van der Waals surface area contributed by atoms with Crippen molar-refractivity contribution in [2.75, 3.05) is 5.88 Å². The molecule has 0 radical (unpaired) electrons. The van der Waals surface area contributed by atoms with Crippen LogP contribution in [0, 0.1) is 12.7 Å². The second kappa shape index (κ2) is 3.87. The normalized spacial score (nSPS) is 13.0. The smallest absolute Gasteiger partial charge is 0.126 e. The summed E-state index contributed by atoms with van der Waals surface area (Å²) < 4.78 is 12.8. The summed E-state index contributed by atoms with van der Waals surface area (Å²) in [7, 11) is 0. The topological polar surface area (TPSA) is 20.2 Å². The van der Waals surface area contributed by atoms with Gasteiger partial charge in [0, 0.05) is 0 Å². The maximum absolute atomic E-state index is 12.8. The lowest BCUT2D eigenvalue weighted by molar-refractivity contribution is 0.202. The third-order valence-corrected chi connectivity index (χ3v) is 2.01. The zero-order valence-electron chi connectivity index (χ0n) is 6.72. The fourth-order valence-electron chi connectivity index (χ4n) is 0.964. The van der Waals surface area contributed by atoms with E-state index in [0.29, 0.717) is 11.1 Å². The molecule has 3 heteroatoms.